The normalized spacial score (nSPS) is 26.5. The quantitative estimate of drug-likeness (QED) is 0.451. The van der Waals surface area contributed by atoms with Crippen molar-refractivity contribution in [1.29, 1.82) is 0 Å². The fraction of sp³-hybridized carbons (Fsp3) is 0.536. The van der Waals surface area contributed by atoms with Crippen LogP contribution in [0.2, 0.25) is 0 Å². The van der Waals surface area contributed by atoms with Crippen molar-refractivity contribution in [3.63, 3.8) is 0 Å². The number of nitrogens with zero attached hydrogens (tertiary/aromatic N) is 1. The second kappa shape index (κ2) is 9.65. The smallest absolute Gasteiger partial charge is 0.217 e. The van der Waals surface area contributed by atoms with E-state index >= 15 is 0 Å². The Morgan fingerprint density at radius 3 is 2.41 bits per heavy atom. The van der Waals surface area contributed by atoms with Gasteiger partial charge in [0.25, 0.3) is 0 Å². The number of carbonyl (C=O) groups is 1. The Labute approximate surface area is 207 Å². The van der Waals surface area contributed by atoms with Crippen LogP contribution in [-0.2, 0) is 16.6 Å². The largest absolute Gasteiger partial charge is 0.354 e. The average Bonchev–Trinajstić information content (AvgIpc) is 2.79. The van der Waals surface area contributed by atoms with E-state index in [1.165, 1.54) is 11.1 Å². The summed E-state index contributed by atoms with van der Waals surface area (Å²) in [6.45, 7) is 9.38. The van der Waals surface area contributed by atoms with E-state index in [0.717, 1.165) is 32.1 Å². The lowest BCUT2D eigenvalue weighted by molar-refractivity contribution is -0.120. The summed E-state index contributed by atoms with van der Waals surface area (Å²) in [5, 5.41) is 3.13. The van der Waals surface area contributed by atoms with Crippen molar-refractivity contribution in [1.82, 2.24) is 9.62 Å². The maximum absolute atomic E-state index is 11.7. The first kappa shape index (κ1) is 25.2. The Bertz CT molecular complexity index is 994. The van der Waals surface area contributed by atoms with Gasteiger partial charge in [-0.05, 0) is 72.1 Å². The number of fused-ring (bicyclic) bond motifs is 1. The van der Waals surface area contributed by atoms with Crippen LogP contribution in [0.1, 0.15) is 65.9 Å². The van der Waals surface area contributed by atoms with Gasteiger partial charge in [-0.3, -0.25) is 13.9 Å². The minimum atomic E-state index is -3.07. The highest BCUT2D eigenvalue weighted by molar-refractivity contribution is 8.22. The van der Waals surface area contributed by atoms with E-state index in [0.29, 0.717) is 23.9 Å². The number of hydrogen-bond acceptors (Lipinski definition) is 4. The van der Waals surface area contributed by atoms with Gasteiger partial charge in [0.15, 0.2) is 0 Å². The molecule has 6 heteroatoms. The Morgan fingerprint density at radius 2 is 1.79 bits per heavy atom. The SMILES string of the molecule is CC(=O)N[C@@H]1CC[C@]2(Cc3ccccc3)CN(S(O)(O)c3ccc(C(C)(C)C)cc3)CC[C@H]2C1.[HH]. The summed E-state index contributed by atoms with van der Waals surface area (Å²) in [6, 6.07) is 18.6. The molecule has 0 spiro atoms. The summed E-state index contributed by atoms with van der Waals surface area (Å²) in [5.74, 6) is 0.471. The molecule has 2 aromatic rings. The van der Waals surface area contributed by atoms with Gasteiger partial charge in [0.1, 0.15) is 0 Å². The van der Waals surface area contributed by atoms with Gasteiger partial charge in [-0.25, -0.2) is 4.31 Å². The average molecular weight is 487 g/mol. The molecular formula is C28H42N2O3S. The lowest BCUT2D eigenvalue weighted by atomic mass is 9.59. The molecular weight excluding hydrogens is 444 g/mol. The van der Waals surface area contributed by atoms with Crippen LogP contribution in [0.5, 0.6) is 0 Å². The van der Waals surface area contributed by atoms with Gasteiger partial charge in [0, 0.05) is 27.5 Å². The molecule has 3 N–H and O–H groups in total. The third-order valence-electron chi connectivity index (χ3n) is 7.85. The van der Waals surface area contributed by atoms with Gasteiger partial charge in [-0.1, -0.05) is 63.2 Å². The zero-order valence-electron chi connectivity index (χ0n) is 21.0. The van der Waals surface area contributed by atoms with Crippen LogP contribution in [0.15, 0.2) is 59.5 Å². The summed E-state index contributed by atoms with van der Waals surface area (Å²) in [5.41, 5.74) is 2.45. The molecule has 188 valence electrons. The molecule has 5 nitrogen and oxygen atoms in total. The molecule has 34 heavy (non-hydrogen) atoms. The molecule has 0 aromatic heterocycles. The van der Waals surface area contributed by atoms with Crippen LogP contribution >= 0.6 is 10.8 Å². The number of rotatable bonds is 5. The van der Waals surface area contributed by atoms with E-state index in [9.17, 15) is 13.9 Å². The number of hydrogen-bond donors (Lipinski definition) is 3. The van der Waals surface area contributed by atoms with Crippen LogP contribution in [0.25, 0.3) is 0 Å². The maximum Gasteiger partial charge on any atom is 0.217 e. The van der Waals surface area contributed by atoms with Gasteiger partial charge < -0.3 is 5.32 Å². The molecule has 1 saturated carbocycles. The van der Waals surface area contributed by atoms with Gasteiger partial charge in [0.2, 0.25) is 5.91 Å². The summed E-state index contributed by atoms with van der Waals surface area (Å²) >= 11 is 0. The van der Waals surface area contributed by atoms with E-state index < -0.39 is 10.8 Å². The van der Waals surface area contributed by atoms with Crippen molar-refractivity contribution in [2.75, 3.05) is 13.1 Å². The number of nitrogens with one attached hydrogen (secondary N) is 1. The predicted molar refractivity (Wildman–Crippen MR) is 142 cm³/mol. The number of piperidine rings is 1. The van der Waals surface area contributed by atoms with Crippen molar-refractivity contribution >= 4 is 16.7 Å². The highest BCUT2D eigenvalue weighted by atomic mass is 32.3. The third kappa shape index (κ3) is 5.35. The van der Waals surface area contributed by atoms with Crippen LogP contribution in [0.3, 0.4) is 0 Å². The summed E-state index contributed by atoms with van der Waals surface area (Å²) in [4.78, 5) is 12.3. The topological polar surface area (TPSA) is 72.8 Å². The standard InChI is InChI=1S/C28H40N2O3S.H2/c1-21(31)29-25-14-16-28(19-22-8-6-5-7-9-22)20-30(17-15-24(28)18-25)34(32,33)26-12-10-23(11-13-26)27(2,3)4;/h5-13,24-25,32-33H,14-20H2,1-4H3,(H,29,31);1H/t24-,25+,28-;/m0./s1. The molecule has 0 unspecified atom stereocenters. The summed E-state index contributed by atoms with van der Waals surface area (Å²) < 4.78 is 24.8. The van der Waals surface area contributed by atoms with E-state index in [1.807, 2.05) is 34.6 Å². The highest BCUT2D eigenvalue weighted by Crippen LogP contribution is 2.58. The molecule has 1 aliphatic carbocycles. The van der Waals surface area contributed by atoms with E-state index in [-0.39, 0.29) is 24.2 Å². The molecule has 1 heterocycles. The molecule has 2 aliphatic rings. The van der Waals surface area contributed by atoms with Crippen LogP contribution in [0, 0.1) is 11.3 Å². The first-order valence-electron chi connectivity index (χ1n) is 12.4. The molecule has 0 bridgehead atoms. The molecule has 3 atom stereocenters. The van der Waals surface area contributed by atoms with Crippen LogP contribution < -0.4 is 5.32 Å². The van der Waals surface area contributed by atoms with Crippen molar-refractivity contribution in [3.05, 3.63) is 65.7 Å². The van der Waals surface area contributed by atoms with Crippen molar-refractivity contribution in [2.24, 2.45) is 11.3 Å². The Morgan fingerprint density at radius 1 is 1.12 bits per heavy atom. The number of benzene rings is 2. The first-order chi connectivity index (χ1) is 16.0. The number of amides is 1. The second-order valence-electron chi connectivity index (χ2n) is 11.3. The van der Waals surface area contributed by atoms with Crippen LogP contribution in [-0.4, -0.2) is 38.4 Å². The van der Waals surface area contributed by atoms with Crippen molar-refractivity contribution < 1.29 is 15.3 Å². The fourth-order valence-corrected chi connectivity index (χ4v) is 7.55. The van der Waals surface area contributed by atoms with Gasteiger partial charge in [-0.15, -0.1) is 10.8 Å². The molecule has 1 amide bonds. The van der Waals surface area contributed by atoms with E-state index in [1.54, 1.807) is 6.92 Å². The van der Waals surface area contributed by atoms with Crippen molar-refractivity contribution in [2.45, 2.75) is 76.2 Å². The molecule has 1 saturated heterocycles. The molecule has 4 rings (SSSR count). The number of carbonyl (C=O) groups excluding carboxylic acids is 1. The van der Waals surface area contributed by atoms with E-state index in [2.05, 4.69) is 50.4 Å². The predicted octanol–water partition coefficient (Wildman–Crippen LogP) is 6.49. The van der Waals surface area contributed by atoms with Gasteiger partial charge in [-0.2, -0.15) is 0 Å². The molecule has 1 aliphatic heterocycles. The monoisotopic (exact) mass is 486 g/mol. The zero-order chi connectivity index (χ0) is 24.6. The zero-order valence-corrected chi connectivity index (χ0v) is 21.8. The molecule has 2 fully saturated rings. The highest BCUT2D eigenvalue weighted by Gasteiger charge is 2.49. The summed E-state index contributed by atoms with van der Waals surface area (Å²) in [7, 11) is -3.07. The Balaban J connectivity index is 0.00000342. The third-order valence-corrected chi connectivity index (χ3v) is 9.78. The lowest BCUT2D eigenvalue weighted by Crippen LogP contribution is -2.55. The fourth-order valence-electron chi connectivity index (χ4n) is 5.95. The molecule has 0 radical (unpaired) electrons. The van der Waals surface area contributed by atoms with Crippen molar-refractivity contribution in [3.8, 4) is 0 Å². The maximum atomic E-state index is 11.7. The van der Waals surface area contributed by atoms with Gasteiger partial charge in [0.05, 0.1) is 4.90 Å². The Hall–Kier alpha value is -1.86. The Kier molecular flexibility index (Phi) is 7.16. The lowest BCUT2D eigenvalue weighted by Gasteiger charge is -2.57. The molecule has 2 aromatic carbocycles. The minimum Gasteiger partial charge on any atom is -0.354 e. The van der Waals surface area contributed by atoms with Crippen LogP contribution in [0.4, 0.5) is 0 Å². The minimum absolute atomic E-state index is 0. The first-order valence-corrected chi connectivity index (χ1v) is 13.9. The second-order valence-corrected chi connectivity index (χ2v) is 13.4. The van der Waals surface area contributed by atoms with Gasteiger partial charge >= 0.3 is 0 Å². The van der Waals surface area contributed by atoms with E-state index in [4.69, 9.17) is 0 Å². The summed E-state index contributed by atoms with van der Waals surface area (Å²) in [6.07, 6.45) is 4.67.